The Bertz CT molecular complexity index is 809. The molecule has 0 saturated carbocycles. The Morgan fingerprint density at radius 3 is 2.60 bits per heavy atom. The molecule has 0 radical (unpaired) electrons. The first-order valence-electron chi connectivity index (χ1n) is 10.6. The number of ether oxygens (including phenoxy) is 1. The van der Waals surface area contributed by atoms with E-state index in [4.69, 9.17) is 4.74 Å². The molecule has 1 saturated heterocycles. The van der Waals surface area contributed by atoms with E-state index in [1.54, 1.807) is 13.0 Å². The van der Waals surface area contributed by atoms with Gasteiger partial charge in [-0.25, -0.2) is 4.39 Å². The summed E-state index contributed by atoms with van der Waals surface area (Å²) in [5, 5.41) is 2.94. The number of hydrogen-bond acceptors (Lipinski definition) is 4. The van der Waals surface area contributed by atoms with E-state index in [1.165, 1.54) is 11.6 Å². The van der Waals surface area contributed by atoms with Gasteiger partial charge >= 0.3 is 0 Å². The minimum Gasteiger partial charge on any atom is -0.379 e. The van der Waals surface area contributed by atoms with E-state index in [0.29, 0.717) is 25.2 Å². The third kappa shape index (κ3) is 6.90. The van der Waals surface area contributed by atoms with Crippen LogP contribution < -0.4 is 5.32 Å². The number of rotatable bonds is 9. The molecule has 1 heterocycles. The van der Waals surface area contributed by atoms with Gasteiger partial charge in [0.2, 0.25) is 5.91 Å². The standard InChI is InChI=1S/C24H32FN3O2/c1-19-8-9-22(14-23(19)25)15-26-24(29)18-28(17-21-6-4-3-5-7-21)20(2)16-27-10-12-30-13-11-27/h3-9,14,20H,10-13,15-18H2,1-2H3,(H,26,29). The van der Waals surface area contributed by atoms with Crippen LogP contribution in [-0.4, -0.2) is 61.1 Å². The second kappa shape index (κ2) is 11.2. The smallest absolute Gasteiger partial charge is 0.234 e. The zero-order valence-corrected chi connectivity index (χ0v) is 17.9. The lowest BCUT2D eigenvalue weighted by atomic mass is 10.1. The van der Waals surface area contributed by atoms with Gasteiger partial charge in [-0.05, 0) is 36.6 Å². The van der Waals surface area contributed by atoms with E-state index < -0.39 is 0 Å². The normalized spacial score (nSPS) is 15.9. The zero-order valence-electron chi connectivity index (χ0n) is 17.9. The van der Waals surface area contributed by atoms with Gasteiger partial charge in [0.05, 0.1) is 19.8 Å². The van der Waals surface area contributed by atoms with Gasteiger partial charge in [0, 0.05) is 38.8 Å². The Morgan fingerprint density at radius 1 is 1.17 bits per heavy atom. The third-order valence-electron chi connectivity index (χ3n) is 5.55. The highest BCUT2D eigenvalue weighted by atomic mass is 19.1. The number of nitrogens with zero attached hydrogens (tertiary/aromatic N) is 2. The molecule has 1 fully saturated rings. The van der Waals surface area contributed by atoms with Gasteiger partial charge in [0.15, 0.2) is 0 Å². The zero-order chi connectivity index (χ0) is 21.3. The van der Waals surface area contributed by atoms with Crippen LogP contribution in [0.3, 0.4) is 0 Å². The summed E-state index contributed by atoms with van der Waals surface area (Å²) in [6, 6.07) is 15.5. The molecule has 6 heteroatoms. The molecule has 3 rings (SSSR count). The van der Waals surface area contributed by atoms with Gasteiger partial charge in [-0.2, -0.15) is 0 Å². The molecule has 1 aliphatic heterocycles. The lowest BCUT2D eigenvalue weighted by Gasteiger charge is -2.34. The van der Waals surface area contributed by atoms with Gasteiger partial charge < -0.3 is 10.1 Å². The van der Waals surface area contributed by atoms with Crippen molar-refractivity contribution >= 4 is 5.91 Å². The van der Waals surface area contributed by atoms with Crippen molar-refractivity contribution in [3.05, 3.63) is 71.0 Å². The van der Waals surface area contributed by atoms with Gasteiger partial charge in [-0.1, -0.05) is 42.5 Å². The molecule has 5 nitrogen and oxygen atoms in total. The molecule has 1 atom stereocenters. The van der Waals surface area contributed by atoms with Crippen molar-refractivity contribution in [2.45, 2.75) is 33.0 Å². The topological polar surface area (TPSA) is 44.8 Å². The van der Waals surface area contributed by atoms with Crippen molar-refractivity contribution in [1.29, 1.82) is 0 Å². The minimum atomic E-state index is -0.244. The number of amides is 1. The van der Waals surface area contributed by atoms with Crippen LogP contribution in [0.25, 0.3) is 0 Å². The summed E-state index contributed by atoms with van der Waals surface area (Å²) in [6.45, 7) is 9.50. The van der Waals surface area contributed by atoms with E-state index in [2.05, 4.69) is 34.2 Å². The Hall–Kier alpha value is -2.28. The Morgan fingerprint density at radius 2 is 1.90 bits per heavy atom. The molecule has 0 aromatic heterocycles. The number of aryl methyl sites for hydroxylation is 1. The molecule has 1 N–H and O–H groups in total. The molecule has 1 unspecified atom stereocenters. The summed E-state index contributed by atoms with van der Waals surface area (Å²) < 4.78 is 19.2. The molecule has 2 aromatic carbocycles. The minimum absolute atomic E-state index is 0.0549. The highest BCUT2D eigenvalue weighted by Crippen LogP contribution is 2.12. The van der Waals surface area contributed by atoms with E-state index in [-0.39, 0.29) is 17.8 Å². The Labute approximate surface area is 178 Å². The quantitative estimate of drug-likeness (QED) is 0.687. The van der Waals surface area contributed by atoms with Crippen LogP contribution in [0, 0.1) is 12.7 Å². The molecule has 0 aliphatic carbocycles. The Kier molecular flexibility index (Phi) is 8.37. The monoisotopic (exact) mass is 413 g/mol. The lowest BCUT2D eigenvalue weighted by molar-refractivity contribution is -0.123. The first-order chi connectivity index (χ1) is 14.5. The maximum absolute atomic E-state index is 13.8. The van der Waals surface area contributed by atoms with Crippen LogP contribution in [0.15, 0.2) is 48.5 Å². The van der Waals surface area contributed by atoms with Crippen molar-refractivity contribution in [2.75, 3.05) is 39.4 Å². The fraction of sp³-hybridized carbons (Fsp3) is 0.458. The highest BCUT2D eigenvalue weighted by Gasteiger charge is 2.21. The molecular weight excluding hydrogens is 381 g/mol. The van der Waals surface area contributed by atoms with Gasteiger partial charge in [-0.3, -0.25) is 14.6 Å². The maximum atomic E-state index is 13.8. The summed E-state index contributed by atoms with van der Waals surface area (Å²) in [4.78, 5) is 17.3. The number of carbonyl (C=O) groups is 1. The molecule has 2 aromatic rings. The number of carbonyl (C=O) groups excluding carboxylic acids is 1. The van der Waals surface area contributed by atoms with Crippen molar-refractivity contribution < 1.29 is 13.9 Å². The van der Waals surface area contributed by atoms with Gasteiger partial charge in [0.1, 0.15) is 5.82 Å². The second-order valence-electron chi connectivity index (χ2n) is 8.01. The fourth-order valence-corrected chi connectivity index (χ4v) is 3.65. The number of morpholine rings is 1. The average Bonchev–Trinajstić information content (AvgIpc) is 2.75. The maximum Gasteiger partial charge on any atom is 0.234 e. The molecule has 0 spiro atoms. The SMILES string of the molecule is Cc1ccc(CNC(=O)CN(Cc2ccccc2)C(C)CN2CCOCC2)cc1F. The molecular formula is C24H32FN3O2. The molecule has 1 amide bonds. The van der Waals surface area contributed by atoms with E-state index in [0.717, 1.165) is 38.4 Å². The number of nitrogens with one attached hydrogen (secondary N) is 1. The van der Waals surface area contributed by atoms with E-state index >= 15 is 0 Å². The van der Waals surface area contributed by atoms with E-state index in [1.807, 2.05) is 24.3 Å². The number of benzene rings is 2. The van der Waals surface area contributed by atoms with Crippen LogP contribution in [0.4, 0.5) is 4.39 Å². The highest BCUT2D eigenvalue weighted by molar-refractivity contribution is 5.78. The van der Waals surface area contributed by atoms with Crippen LogP contribution >= 0.6 is 0 Å². The summed E-state index contributed by atoms with van der Waals surface area (Å²) >= 11 is 0. The molecule has 1 aliphatic rings. The first-order valence-corrected chi connectivity index (χ1v) is 10.6. The van der Waals surface area contributed by atoms with Crippen LogP contribution in [0.5, 0.6) is 0 Å². The largest absolute Gasteiger partial charge is 0.379 e. The predicted octanol–water partition coefficient (Wildman–Crippen LogP) is 2.97. The molecule has 0 bridgehead atoms. The van der Waals surface area contributed by atoms with Crippen molar-refractivity contribution in [3.63, 3.8) is 0 Å². The van der Waals surface area contributed by atoms with Crippen LogP contribution in [-0.2, 0) is 22.6 Å². The first kappa shape index (κ1) is 22.4. The number of hydrogen-bond donors (Lipinski definition) is 1. The number of halogens is 1. The van der Waals surface area contributed by atoms with Crippen molar-refractivity contribution in [2.24, 2.45) is 0 Å². The summed E-state index contributed by atoms with van der Waals surface area (Å²) in [6.07, 6.45) is 0. The van der Waals surface area contributed by atoms with Crippen molar-refractivity contribution in [1.82, 2.24) is 15.1 Å². The summed E-state index contributed by atoms with van der Waals surface area (Å²) in [5.41, 5.74) is 2.55. The Balaban J connectivity index is 1.59. The third-order valence-corrected chi connectivity index (χ3v) is 5.55. The summed E-state index contributed by atoms with van der Waals surface area (Å²) in [7, 11) is 0. The molecule has 30 heavy (non-hydrogen) atoms. The second-order valence-corrected chi connectivity index (χ2v) is 8.01. The molecule has 162 valence electrons. The average molecular weight is 414 g/mol. The fourth-order valence-electron chi connectivity index (χ4n) is 3.65. The van der Waals surface area contributed by atoms with E-state index in [9.17, 15) is 9.18 Å². The summed E-state index contributed by atoms with van der Waals surface area (Å²) in [5.74, 6) is -0.299. The van der Waals surface area contributed by atoms with Gasteiger partial charge in [-0.15, -0.1) is 0 Å². The van der Waals surface area contributed by atoms with Gasteiger partial charge in [0.25, 0.3) is 0 Å². The van der Waals surface area contributed by atoms with Crippen LogP contribution in [0.1, 0.15) is 23.6 Å². The lowest BCUT2D eigenvalue weighted by Crippen LogP contribution is -2.48. The van der Waals surface area contributed by atoms with Crippen molar-refractivity contribution in [3.8, 4) is 0 Å². The predicted molar refractivity (Wildman–Crippen MR) is 117 cm³/mol. The van der Waals surface area contributed by atoms with Crippen LogP contribution in [0.2, 0.25) is 0 Å².